The highest BCUT2D eigenvalue weighted by Gasteiger charge is 2.08. The lowest BCUT2D eigenvalue weighted by atomic mass is 10.2. The van der Waals surface area contributed by atoms with E-state index in [4.69, 9.17) is 9.97 Å². The number of imidazole rings is 2. The van der Waals surface area contributed by atoms with Crippen molar-refractivity contribution >= 4 is 0 Å². The van der Waals surface area contributed by atoms with Gasteiger partial charge in [0.15, 0.2) is 0 Å². The van der Waals surface area contributed by atoms with E-state index in [9.17, 15) is 0 Å². The van der Waals surface area contributed by atoms with Crippen LogP contribution in [0.4, 0.5) is 0 Å². The molecule has 138 valence electrons. The van der Waals surface area contributed by atoms with Crippen molar-refractivity contribution in [2.75, 3.05) is 0 Å². The molecule has 0 unspecified atom stereocenters. The first-order valence-electron chi connectivity index (χ1n) is 9.31. The first-order valence-corrected chi connectivity index (χ1v) is 9.31. The monoisotopic (exact) mass is 359 g/mol. The number of pyridine rings is 1. The summed E-state index contributed by atoms with van der Waals surface area (Å²) >= 11 is 0. The van der Waals surface area contributed by atoms with E-state index in [2.05, 4.69) is 33.9 Å². The fourth-order valence-corrected chi connectivity index (χ4v) is 2.87. The van der Waals surface area contributed by atoms with Crippen molar-refractivity contribution in [2.24, 2.45) is 7.05 Å². The minimum Gasteiger partial charge on any atom is -0.337 e. The van der Waals surface area contributed by atoms with Crippen LogP contribution < -0.4 is 0 Å². The van der Waals surface area contributed by atoms with Gasteiger partial charge in [0.05, 0.1) is 5.69 Å². The number of rotatable bonds is 5. The second-order valence-corrected chi connectivity index (χ2v) is 5.98. The minimum absolute atomic E-state index is 0.849. The quantitative estimate of drug-likeness (QED) is 0.528. The summed E-state index contributed by atoms with van der Waals surface area (Å²) in [5.74, 6) is 1.95. The van der Waals surface area contributed by atoms with Gasteiger partial charge in [0.1, 0.15) is 18.0 Å². The predicted octanol–water partition coefficient (Wildman–Crippen LogP) is 4.48. The Bertz CT molecular complexity index is 956. The van der Waals surface area contributed by atoms with Crippen LogP contribution in [0.15, 0.2) is 73.4 Å². The standard InChI is InChI=1S/C20H19N5.C2H6/c1-24-14-18(16-6-3-2-4-7-16)23-19(24)11-10-17-8-5-9-20(22-17)25-13-12-21-15-25;1-2/h2-9,12-15H,10-11H2,1H3;1-2H3. The number of benzene rings is 1. The molecule has 1 aromatic carbocycles. The molecule has 0 N–H and O–H groups in total. The van der Waals surface area contributed by atoms with Crippen LogP contribution in [0.1, 0.15) is 25.4 Å². The Balaban J connectivity index is 0.00000102. The third-order valence-electron chi connectivity index (χ3n) is 4.21. The fraction of sp³-hybridized carbons (Fsp3) is 0.227. The molecule has 0 aliphatic heterocycles. The van der Waals surface area contributed by atoms with Crippen LogP contribution in [0, 0.1) is 0 Å². The van der Waals surface area contributed by atoms with Gasteiger partial charge in [0, 0.05) is 43.3 Å². The van der Waals surface area contributed by atoms with E-state index in [1.807, 2.05) is 62.0 Å². The molecule has 0 saturated carbocycles. The number of hydrogen-bond donors (Lipinski definition) is 0. The molecule has 5 nitrogen and oxygen atoms in total. The Kier molecular flexibility index (Phi) is 6.15. The van der Waals surface area contributed by atoms with Crippen LogP contribution in [0.25, 0.3) is 17.1 Å². The van der Waals surface area contributed by atoms with Gasteiger partial charge in [-0.15, -0.1) is 0 Å². The summed E-state index contributed by atoms with van der Waals surface area (Å²) in [6, 6.07) is 16.3. The first kappa shape index (κ1) is 18.6. The molecule has 0 atom stereocenters. The molecule has 0 aliphatic carbocycles. The molecule has 0 spiro atoms. The van der Waals surface area contributed by atoms with Crippen LogP contribution in [0.2, 0.25) is 0 Å². The summed E-state index contributed by atoms with van der Waals surface area (Å²) < 4.78 is 4.01. The molecule has 0 fully saturated rings. The minimum atomic E-state index is 0.849. The topological polar surface area (TPSA) is 48.5 Å². The van der Waals surface area contributed by atoms with E-state index in [0.29, 0.717) is 0 Å². The molecular formula is C22H25N5. The van der Waals surface area contributed by atoms with E-state index < -0.39 is 0 Å². The van der Waals surface area contributed by atoms with Crippen LogP contribution >= 0.6 is 0 Å². The van der Waals surface area contributed by atoms with Gasteiger partial charge in [-0.1, -0.05) is 50.2 Å². The summed E-state index contributed by atoms with van der Waals surface area (Å²) in [7, 11) is 2.05. The van der Waals surface area contributed by atoms with E-state index in [1.165, 1.54) is 0 Å². The molecule has 0 amide bonds. The molecule has 4 rings (SSSR count). The predicted molar refractivity (Wildman–Crippen MR) is 109 cm³/mol. The Morgan fingerprint density at radius 1 is 0.889 bits per heavy atom. The van der Waals surface area contributed by atoms with Crippen molar-refractivity contribution in [1.82, 2.24) is 24.1 Å². The Morgan fingerprint density at radius 3 is 2.44 bits per heavy atom. The van der Waals surface area contributed by atoms with Gasteiger partial charge in [-0.05, 0) is 18.6 Å². The second kappa shape index (κ2) is 8.94. The van der Waals surface area contributed by atoms with E-state index >= 15 is 0 Å². The Labute approximate surface area is 160 Å². The summed E-state index contributed by atoms with van der Waals surface area (Å²) in [5, 5.41) is 0. The zero-order chi connectivity index (χ0) is 19.1. The Hall–Kier alpha value is -3.21. The lowest BCUT2D eigenvalue weighted by Gasteiger charge is -2.05. The van der Waals surface area contributed by atoms with Gasteiger partial charge in [0.2, 0.25) is 0 Å². The smallest absolute Gasteiger partial charge is 0.138 e. The summed E-state index contributed by atoms with van der Waals surface area (Å²) in [6.07, 6.45) is 9.20. The largest absolute Gasteiger partial charge is 0.337 e. The molecule has 3 heterocycles. The SMILES string of the molecule is CC.Cn1cc(-c2ccccc2)nc1CCc1cccc(-n2ccnc2)n1. The highest BCUT2D eigenvalue weighted by molar-refractivity contribution is 5.58. The highest BCUT2D eigenvalue weighted by atomic mass is 15.1. The van der Waals surface area contributed by atoms with E-state index in [1.54, 1.807) is 12.5 Å². The van der Waals surface area contributed by atoms with Gasteiger partial charge in [-0.2, -0.15) is 0 Å². The summed E-state index contributed by atoms with van der Waals surface area (Å²) in [6.45, 7) is 4.00. The third-order valence-corrected chi connectivity index (χ3v) is 4.21. The van der Waals surface area contributed by atoms with Gasteiger partial charge in [-0.3, -0.25) is 4.57 Å². The molecule has 3 aromatic heterocycles. The lowest BCUT2D eigenvalue weighted by molar-refractivity contribution is 0.759. The molecular weight excluding hydrogens is 334 g/mol. The fourth-order valence-electron chi connectivity index (χ4n) is 2.87. The van der Waals surface area contributed by atoms with Crippen molar-refractivity contribution in [1.29, 1.82) is 0 Å². The van der Waals surface area contributed by atoms with Crippen molar-refractivity contribution in [2.45, 2.75) is 26.7 Å². The van der Waals surface area contributed by atoms with Gasteiger partial charge >= 0.3 is 0 Å². The molecule has 27 heavy (non-hydrogen) atoms. The maximum Gasteiger partial charge on any atom is 0.138 e. The summed E-state index contributed by atoms with van der Waals surface area (Å²) in [4.78, 5) is 13.6. The van der Waals surface area contributed by atoms with Crippen LogP contribution in [0.5, 0.6) is 0 Å². The maximum atomic E-state index is 4.79. The van der Waals surface area contributed by atoms with Crippen molar-refractivity contribution in [3.63, 3.8) is 0 Å². The number of hydrogen-bond acceptors (Lipinski definition) is 3. The zero-order valence-corrected chi connectivity index (χ0v) is 16.1. The zero-order valence-electron chi connectivity index (χ0n) is 16.1. The number of nitrogens with zero attached hydrogens (tertiary/aromatic N) is 5. The van der Waals surface area contributed by atoms with Gasteiger partial charge < -0.3 is 4.57 Å². The van der Waals surface area contributed by atoms with Crippen molar-refractivity contribution in [3.05, 3.63) is 85.0 Å². The lowest BCUT2D eigenvalue weighted by Crippen LogP contribution is -2.03. The Morgan fingerprint density at radius 2 is 1.70 bits per heavy atom. The van der Waals surface area contributed by atoms with Crippen LogP contribution in [0.3, 0.4) is 0 Å². The van der Waals surface area contributed by atoms with Crippen LogP contribution in [-0.2, 0) is 19.9 Å². The van der Waals surface area contributed by atoms with Gasteiger partial charge in [-0.25, -0.2) is 15.0 Å². The van der Waals surface area contributed by atoms with E-state index in [0.717, 1.165) is 41.4 Å². The normalized spacial score (nSPS) is 10.3. The maximum absolute atomic E-state index is 4.79. The molecule has 5 heteroatoms. The van der Waals surface area contributed by atoms with Gasteiger partial charge in [0.25, 0.3) is 0 Å². The second-order valence-electron chi connectivity index (χ2n) is 5.98. The molecule has 4 aromatic rings. The van der Waals surface area contributed by atoms with Crippen molar-refractivity contribution < 1.29 is 0 Å². The van der Waals surface area contributed by atoms with Crippen molar-refractivity contribution in [3.8, 4) is 17.1 Å². The molecule has 0 saturated heterocycles. The first-order chi connectivity index (χ1) is 13.3. The average molecular weight is 359 g/mol. The number of aromatic nitrogens is 5. The summed E-state index contributed by atoms with van der Waals surface area (Å²) in [5.41, 5.74) is 3.21. The third kappa shape index (κ3) is 4.50. The average Bonchev–Trinajstić information content (AvgIpc) is 3.39. The van der Waals surface area contributed by atoms with Crippen LogP contribution in [-0.4, -0.2) is 24.1 Å². The molecule has 0 bridgehead atoms. The molecule has 0 aliphatic rings. The highest BCUT2D eigenvalue weighted by Crippen LogP contribution is 2.18. The molecule has 0 radical (unpaired) electrons. The van der Waals surface area contributed by atoms with E-state index in [-0.39, 0.29) is 0 Å². The number of aryl methyl sites for hydroxylation is 3.